The molecule has 0 aliphatic rings. The summed E-state index contributed by atoms with van der Waals surface area (Å²) in [6.07, 6.45) is 0. The summed E-state index contributed by atoms with van der Waals surface area (Å²) >= 11 is 6.47. The standard InChI is InChI=1S/C18H20BrN3OS2.ClH/c1-11-9-13-15(10-12(11)2)25-18(20-13)22(8-7-21(3)4)17(23)14-5-6-16(19)24-14;/h5-6,9-10H,7-8H2,1-4H3;1H. The SMILES string of the molecule is Cc1cc2nc(N(CCN(C)C)C(=O)c3ccc(Br)s3)sc2cc1C.Cl. The van der Waals surface area contributed by atoms with Crippen LogP contribution < -0.4 is 4.90 Å². The van der Waals surface area contributed by atoms with Crippen molar-refractivity contribution in [1.29, 1.82) is 0 Å². The van der Waals surface area contributed by atoms with Gasteiger partial charge in [0.05, 0.1) is 18.9 Å². The summed E-state index contributed by atoms with van der Waals surface area (Å²) in [5, 5.41) is 0.761. The number of anilines is 1. The molecule has 0 fully saturated rings. The van der Waals surface area contributed by atoms with Gasteiger partial charge in [-0.3, -0.25) is 9.69 Å². The lowest BCUT2D eigenvalue weighted by Gasteiger charge is -2.21. The van der Waals surface area contributed by atoms with Crippen molar-refractivity contribution in [1.82, 2.24) is 9.88 Å². The number of hydrogen-bond acceptors (Lipinski definition) is 5. The van der Waals surface area contributed by atoms with Crippen LogP contribution >= 0.6 is 51.0 Å². The number of fused-ring (bicyclic) bond motifs is 1. The Morgan fingerprint density at radius 3 is 2.42 bits per heavy atom. The van der Waals surface area contributed by atoms with Crippen LogP contribution in [0, 0.1) is 13.8 Å². The van der Waals surface area contributed by atoms with Crippen molar-refractivity contribution >= 4 is 72.3 Å². The minimum absolute atomic E-state index is 0. The van der Waals surface area contributed by atoms with Crippen molar-refractivity contribution in [2.75, 3.05) is 32.1 Å². The molecule has 0 atom stereocenters. The van der Waals surface area contributed by atoms with Gasteiger partial charge in [-0.2, -0.15) is 0 Å². The second kappa shape index (κ2) is 8.80. The van der Waals surface area contributed by atoms with Crippen molar-refractivity contribution in [3.8, 4) is 0 Å². The van der Waals surface area contributed by atoms with Gasteiger partial charge in [-0.25, -0.2) is 4.98 Å². The van der Waals surface area contributed by atoms with Crippen molar-refractivity contribution in [2.24, 2.45) is 0 Å². The zero-order valence-electron chi connectivity index (χ0n) is 15.1. The first-order chi connectivity index (χ1) is 11.8. The van der Waals surface area contributed by atoms with Crippen LogP contribution in [0.4, 0.5) is 5.13 Å². The molecule has 1 aromatic carbocycles. The molecule has 2 aromatic heterocycles. The maximum Gasteiger partial charge on any atom is 0.270 e. The summed E-state index contributed by atoms with van der Waals surface area (Å²) < 4.78 is 2.08. The predicted molar refractivity (Wildman–Crippen MR) is 119 cm³/mol. The number of aryl methyl sites for hydroxylation is 2. The number of likely N-dealkylation sites (N-methyl/N-ethyl adjacent to an activating group) is 1. The fourth-order valence-electron chi connectivity index (χ4n) is 2.43. The third-order valence-electron chi connectivity index (χ3n) is 4.02. The fourth-order valence-corrected chi connectivity index (χ4v) is 4.83. The van der Waals surface area contributed by atoms with Crippen LogP contribution in [0.25, 0.3) is 10.2 Å². The smallest absolute Gasteiger partial charge is 0.270 e. The van der Waals surface area contributed by atoms with Crippen LogP contribution in [0.3, 0.4) is 0 Å². The number of amides is 1. The number of carbonyl (C=O) groups is 1. The van der Waals surface area contributed by atoms with Crippen molar-refractivity contribution in [3.63, 3.8) is 0 Å². The van der Waals surface area contributed by atoms with Crippen molar-refractivity contribution < 1.29 is 4.79 Å². The van der Waals surface area contributed by atoms with Gasteiger partial charge < -0.3 is 4.90 Å². The number of halogens is 2. The van der Waals surface area contributed by atoms with E-state index in [-0.39, 0.29) is 18.3 Å². The average molecular weight is 475 g/mol. The largest absolute Gasteiger partial charge is 0.308 e. The first-order valence-electron chi connectivity index (χ1n) is 7.95. The zero-order valence-corrected chi connectivity index (χ0v) is 19.1. The van der Waals surface area contributed by atoms with E-state index >= 15 is 0 Å². The maximum atomic E-state index is 13.0. The molecule has 8 heteroatoms. The van der Waals surface area contributed by atoms with E-state index in [0.717, 1.165) is 30.6 Å². The van der Waals surface area contributed by atoms with Gasteiger partial charge in [0.2, 0.25) is 0 Å². The number of rotatable bonds is 5. The highest BCUT2D eigenvalue weighted by molar-refractivity contribution is 9.11. The van der Waals surface area contributed by atoms with Crippen molar-refractivity contribution in [3.05, 3.63) is 44.1 Å². The average Bonchev–Trinajstić information content (AvgIpc) is 3.14. The van der Waals surface area contributed by atoms with Crippen LogP contribution in [0.1, 0.15) is 20.8 Å². The number of thiazole rings is 1. The minimum atomic E-state index is 0. The quantitative estimate of drug-likeness (QED) is 0.499. The summed E-state index contributed by atoms with van der Waals surface area (Å²) in [6.45, 7) is 5.59. The number of thiophene rings is 1. The monoisotopic (exact) mass is 473 g/mol. The van der Waals surface area contributed by atoms with Crippen LogP contribution in [0.2, 0.25) is 0 Å². The Labute approximate surface area is 176 Å². The van der Waals surface area contributed by atoms with Crippen LogP contribution in [-0.2, 0) is 0 Å². The maximum absolute atomic E-state index is 13.0. The molecule has 3 aromatic rings. The highest BCUT2D eigenvalue weighted by atomic mass is 79.9. The molecule has 0 spiro atoms. The molecule has 140 valence electrons. The second-order valence-corrected chi connectivity index (χ2v) is 9.74. The lowest BCUT2D eigenvalue weighted by atomic mass is 10.1. The number of aromatic nitrogens is 1. The summed E-state index contributed by atoms with van der Waals surface area (Å²) in [6, 6.07) is 8.03. The Hall–Kier alpha value is -0.990. The molecule has 26 heavy (non-hydrogen) atoms. The molecule has 3 rings (SSSR count). The van der Waals surface area contributed by atoms with Crippen LogP contribution in [-0.4, -0.2) is 43.0 Å². The van der Waals surface area contributed by atoms with Gasteiger partial charge in [-0.1, -0.05) is 11.3 Å². The molecule has 0 aliphatic heterocycles. The highest BCUT2D eigenvalue weighted by Crippen LogP contribution is 2.32. The van der Waals surface area contributed by atoms with E-state index in [1.54, 1.807) is 16.2 Å². The molecule has 0 saturated heterocycles. The van der Waals surface area contributed by atoms with Gasteiger partial charge in [-0.15, -0.1) is 23.7 Å². The van der Waals surface area contributed by atoms with Gasteiger partial charge in [0.1, 0.15) is 0 Å². The Morgan fingerprint density at radius 2 is 1.81 bits per heavy atom. The van der Waals surface area contributed by atoms with E-state index in [2.05, 4.69) is 46.8 Å². The highest BCUT2D eigenvalue weighted by Gasteiger charge is 2.22. The summed E-state index contributed by atoms with van der Waals surface area (Å²) in [5.41, 5.74) is 3.42. The molecule has 0 N–H and O–H groups in total. The van der Waals surface area contributed by atoms with Gasteiger partial charge in [0, 0.05) is 13.1 Å². The number of nitrogens with zero attached hydrogens (tertiary/aromatic N) is 3. The first kappa shape index (κ1) is 21.3. The summed E-state index contributed by atoms with van der Waals surface area (Å²) in [5.74, 6) is 0.00468. The van der Waals surface area contributed by atoms with E-state index in [0.29, 0.717) is 6.54 Å². The van der Waals surface area contributed by atoms with Gasteiger partial charge in [0.25, 0.3) is 5.91 Å². The minimum Gasteiger partial charge on any atom is -0.308 e. The van der Waals surface area contributed by atoms with Gasteiger partial charge in [-0.05, 0) is 79.3 Å². The molecule has 0 saturated carbocycles. The number of hydrogen-bond donors (Lipinski definition) is 0. The number of benzene rings is 1. The Balaban J connectivity index is 0.00000243. The van der Waals surface area contributed by atoms with E-state index in [4.69, 9.17) is 4.98 Å². The third kappa shape index (κ3) is 4.64. The molecule has 0 bridgehead atoms. The predicted octanol–water partition coefficient (Wildman–Crippen LogP) is 5.37. The van der Waals surface area contributed by atoms with E-state index in [1.807, 2.05) is 26.2 Å². The molecule has 2 heterocycles. The van der Waals surface area contributed by atoms with Gasteiger partial charge in [0.15, 0.2) is 5.13 Å². The van der Waals surface area contributed by atoms with Gasteiger partial charge >= 0.3 is 0 Å². The lowest BCUT2D eigenvalue weighted by Crippen LogP contribution is -2.36. The van der Waals surface area contributed by atoms with E-state index in [9.17, 15) is 4.79 Å². The number of carbonyl (C=O) groups excluding carboxylic acids is 1. The third-order valence-corrected chi connectivity index (χ3v) is 6.68. The van der Waals surface area contributed by atoms with Crippen LogP contribution in [0.15, 0.2) is 28.1 Å². The molecular weight excluding hydrogens is 454 g/mol. The molecule has 1 amide bonds. The Bertz CT molecular complexity index is 883. The first-order valence-corrected chi connectivity index (χ1v) is 10.4. The van der Waals surface area contributed by atoms with E-state index < -0.39 is 0 Å². The lowest BCUT2D eigenvalue weighted by molar-refractivity contribution is 0.0989. The van der Waals surface area contributed by atoms with E-state index in [1.165, 1.54) is 22.5 Å². The topological polar surface area (TPSA) is 36.4 Å². The molecule has 0 unspecified atom stereocenters. The molecule has 4 nitrogen and oxygen atoms in total. The Morgan fingerprint density at radius 1 is 1.12 bits per heavy atom. The summed E-state index contributed by atoms with van der Waals surface area (Å²) in [7, 11) is 4.02. The Kier molecular flexibility index (Phi) is 7.21. The summed E-state index contributed by atoms with van der Waals surface area (Å²) in [4.78, 5) is 22.4. The molecular formula is C18H21BrClN3OS2. The molecule has 0 aliphatic carbocycles. The normalized spacial score (nSPS) is 11.0. The van der Waals surface area contributed by atoms with Crippen molar-refractivity contribution in [2.45, 2.75) is 13.8 Å². The zero-order chi connectivity index (χ0) is 18.1. The second-order valence-electron chi connectivity index (χ2n) is 6.26. The fraction of sp³-hybridized carbons (Fsp3) is 0.333. The van der Waals surface area contributed by atoms with Crippen LogP contribution in [0.5, 0.6) is 0 Å². The molecule has 0 radical (unpaired) electrons.